The van der Waals surface area contributed by atoms with Crippen LogP contribution >= 0.6 is 15.6 Å². The maximum absolute atomic E-state index is 13.1. The van der Waals surface area contributed by atoms with Crippen LogP contribution in [-0.2, 0) is 65.4 Å². The molecular formula is C73H142O17P2. The van der Waals surface area contributed by atoms with E-state index in [1.54, 1.807) is 0 Å². The van der Waals surface area contributed by atoms with E-state index in [1.807, 2.05) is 0 Å². The number of hydrogen-bond donors (Lipinski definition) is 3. The molecule has 0 saturated heterocycles. The Morgan fingerprint density at radius 1 is 0.304 bits per heavy atom. The predicted molar refractivity (Wildman–Crippen MR) is 372 cm³/mol. The summed E-state index contributed by atoms with van der Waals surface area (Å²) in [5.41, 5.74) is 0. The lowest BCUT2D eigenvalue weighted by Gasteiger charge is -2.21. The van der Waals surface area contributed by atoms with Gasteiger partial charge in [-0.25, -0.2) is 9.13 Å². The fourth-order valence-corrected chi connectivity index (χ4v) is 12.6. The molecule has 0 fully saturated rings. The molecule has 0 aliphatic heterocycles. The predicted octanol–water partition coefficient (Wildman–Crippen LogP) is 20.9. The topological polar surface area (TPSA) is 237 Å². The molecule has 0 aliphatic rings. The van der Waals surface area contributed by atoms with E-state index in [0.717, 1.165) is 108 Å². The van der Waals surface area contributed by atoms with E-state index in [4.69, 9.17) is 37.0 Å². The Labute approximate surface area is 562 Å². The van der Waals surface area contributed by atoms with Crippen molar-refractivity contribution in [1.29, 1.82) is 0 Å². The summed E-state index contributed by atoms with van der Waals surface area (Å²) < 4.78 is 68.3. The van der Waals surface area contributed by atoms with Crippen molar-refractivity contribution < 1.29 is 80.2 Å². The average Bonchev–Trinajstić information content (AvgIpc) is 3.69. The molecule has 0 bridgehead atoms. The van der Waals surface area contributed by atoms with E-state index in [-0.39, 0.29) is 25.7 Å². The van der Waals surface area contributed by atoms with Crippen molar-refractivity contribution in [3.8, 4) is 0 Å². The Balaban J connectivity index is 5.21. The molecule has 0 spiro atoms. The normalized spacial score (nSPS) is 14.5. The standard InChI is InChI=1S/C73H142O17P2/c1-9-66(8)52-44-36-26-22-18-14-10-11-15-20-24-28-39-47-55-72(77)89-68(59-83-70(75)53-45-37-27-23-19-16-12-13-17-21-25-33-41-49-63(2)3)61-87-91(79,80)85-57-67(74)58-86-92(81,82)88-62-69(90-73(78)56-48-40-32-30-35-43-51-65(6)7)60-84-71(76)54-46-38-31-29-34-42-50-64(4)5/h63-69,74H,9-62H2,1-8H3,(H,79,80)(H,81,82)/t66?,67-,68-,69-/m1/s1. The van der Waals surface area contributed by atoms with Crippen LogP contribution in [0.3, 0.4) is 0 Å². The summed E-state index contributed by atoms with van der Waals surface area (Å²) in [6.07, 6.45) is 46.1. The summed E-state index contributed by atoms with van der Waals surface area (Å²) in [6.45, 7) is 14.1. The van der Waals surface area contributed by atoms with Crippen LogP contribution in [0.4, 0.5) is 0 Å². The molecule has 3 N–H and O–H groups in total. The molecule has 0 aromatic rings. The molecule has 546 valence electrons. The zero-order valence-electron chi connectivity index (χ0n) is 60.2. The first-order chi connectivity index (χ1) is 44.1. The number of unbranched alkanes of at least 4 members (excludes halogenated alkanes) is 35. The third-order valence-electron chi connectivity index (χ3n) is 17.2. The van der Waals surface area contributed by atoms with Gasteiger partial charge in [0, 0.05) is 25.7 Å². The van der Waals surface area contributed by atoms with Gasteiger partial charge in [0.15, 0.2) is 12.2 Å². The summed E-state index contributed by atoms with van der Waals surface area (Å²) in [5.74, 6) is 0.855. The van der Waals surface area contributed by atoms with Crippen LogP contribution in [0, 0.1) is 23.7 Å². The molecule has 0 aromatic carbocycles. The Morgan fingerprint density at radius 2 is 0.522 bits per heavy atom. The molecule has 0 radical (unpaired) electrons. The zero-order chi connectivity index (χ0) is 68.2. The SMILES string of the molecule is CCC(C)CCCCCCCCCCCCCCCCC(=O)O[C@H](COC(=O)CCCCCCCCCCCCCCCC(C)C)COP(=O)(O)OC[C@@H](O)COP(=O)(O)OC[C@@H](COC(=O)CCCCCCCCC(C)C)OC(=O)CCCCCCCCC(C)C. The highest BCUT2D eigenvalue weighted by molar-refractivity contribution is 7.47. The van der Waals surface area contributed by atoms with E-state index < -0.39 is 97.5 Å². The fourth-order valence-electron chi connectivity index (χ4n) is 11.0. The maximum Gasteiger partial charge on any atom is 0.472 e. The summed E-state index contributed by atoms with van der Waals surface area (Å²) in [4.78, 5) is 72.6. The van der Waals surface area contributed by atoms with Crippen molar-refractivity contribution in [2.45, 2.75) is 382 Å². The summed E-state index contributed by atoms with van der Waals surface area (Å²) in [5, 5.41) is 10.6. The van der Waals surface area contributed by atoms with E-state index >= 15 is 0 Å². The Kier molecular flexibility index (Phi) is 61.3. The van der Waals surface area contributed by atoms with Crippen molar-refractivity contribution in [3.63, 3.8) is 0 Å². The average molecular weight is 1350 g/mol. The first-order valence-corrected chi connectivity index (χ1v) is 40.7. The third kappa shape index (κ3) is 65.4. The van der Waals surface area contributed by atoms with E-state index in [2.05, 4.69) is 55.4 Å². The summed E-state index contributed by atoms with van der Waals surface area (Å²) in [7, 11) is -9.90. The molecular weight excluding hydrogens is 1210 g/mol. The minimum atomic E-state index is -4.96. The number of carbonyl (C=O) groups excluding carboxylic acids is 4. The van der Waals surface area contributed by atoms with Gasteiger partial charge in [0.25, 0.3) is 0 Å². The molecule has 17 nitrogen and oxygen atoms in total. The number of phosphoric acid groups is 2. The second-order valence-electron chi connectivity index (χ2n) is 28.0. The number of aliphatic hydroxyl groups is 1. The second-order valence-corrected chi connectivity index (χ2v) is 30.9. The molecule has 6 atom stereocenters. The van der Waals surface area contributed by atoms with Crippen molar-refractivity contribution in [3.05, 3.63) is 0 Å². The third-order valence-corrected chi connectivity index (χ3v) is 19.1. The number of phosphoric ester groups is 2. The van der Waals surface area contributed by atoms with Crippen LogP contribution in [0.2, 0.25) is 0 Å². The minimum Gasteiger partial charge on any atom is -0.462 e. The monoisotopic (exact) mass is 1350 g/mol. The van der Waals surface area contributed by atoms with Gasteiger partial charge in [0.1, 0.15) is 19.3 Å². The molecule has 0 amide bonds. The molecule has 3 unspecified atom stereocenters. The first kappa shape index (κ1) is 90.1. The second kappa shape index (κ2) is 62.6. The Morgan fingerprint density at radius 3 is 0.772 bits per heavy atom. The van der Waals surface area contributed by atoms with Crippen LogP contribution in [0.25, 0.3) is 0 Å². The summed E-state index contributed by atoms with van der Waals surface area (Å²) >= 11 is 0. The lowest BCUT2D eigenvalue weighted by Crippen LogP contribution is -2.30. The first-order valence-electron chi connectivity index (χ1n) is 37.7. The molecule has 0 heterocycles. The highest BCUT2D eigenvalue weighted by Crippen LogP contribution is 2.45. The number of ether oxygens (including phenoxy) is 4. The van der Waals surface area contributed by atoms with Gasteiger partial charge in [-0.1, -0.05) is 312 Å². The number of hydrogen-bond acceptors (Lipinski definition) is 15. The molecule has 19 heteroatoms. The molecule has 0 aliphatic carbocycles. The van der Waals surface area contributed by atoms with Gasteiger partial charge in [-0.3, -0.25) is 37.3 Å². The lowest BCUT2D eigenvalue weighted by atomic mass is 9.99. The van der Waals surface area contributed by atoms with Gasteiger partial charge in [-0.15, -0.1) is 0 Å². The Bertz CT molecular complexity index is 1820. The van der Waals surface area contributed by atoms with Crippen molar-refractivity contribution in [2.24, 2.45) is 23.7 Å². The largest absolute Gasteiger partial charge is 0.472 e. The highest BCUT2D eigenvalue weighted by Gasteiger charge is 2.30. The minimum absolute atomic E-state index is 0.101. The molecule has 92 heavy (non-hydrogen) atoms. The van der Waals surface area contributed by atoms with Crippen molar-refractivity contribution >= 4 is 39.5 Å². The summed E-state index contributed by atoms with van der Waals surface area (Å²) in [6, 6.07) is 0. The zero-order valence-corrected chi connectivity index (χ0v) is 62.0. The molecule has 0 aromatic heterocycles. The number of aliphatic hydroxyl groups excluding tert-OH is 1. The highest BCUT2D eigenvalue weighted by atomic mass is 31.2. The van der Waals surface area contributed by atoms with Gasteiger partial charge in [0.05, 0.1) is 26.4 Å². The van der Waals surface area contributed by atoms with Gasteiger partial charge in [-0.05, 0) is 49.4 Å². The fraction of sp³-hybridized carbons (Fsp3) is 0.945. The smallest absolute Gasteiger partial charge is 0.462 e. The maximum atomic E-state index is 13.1. The van der Waals surface area contributed by atoms with Gasteiger partial charge in [0.2, 0.25) is 0 Å². The van der Waals surface area contributed by atoms with Crippen LogP contribution in [0.1, 0.15) is 364 Å². The van der Waals surface area contributed by atoms with Gasteiger partial charge >= 0.3 is 39.5 Å². The lowest BCUT2D eigenvalue weighted by molar-refractivity contribution is -0.161. The van der Waals surface area contributed by atoms with Gasteiger partial charge < -0.3 is 33.8 Å². The molecule has 0 saturated carbocycles. The van der Waals surface area contributed by atoms with E-state index in [1.165, 1.54) is 161 Å². The quantitative estimate of drug-likeness (QED) is 0.0222. The van der Waals surface area contributed by atoms with Crippen molar-refractivity contribution in [1.82, 2.24) is 0 Å². The molecule has 0 rings (SSSR count). The Hall–Kier alpha value is -1.94. The van der Waals surface area contributed by atoms with Crippen LogP contribution in [-0.4, -0.2) is 96.7 Å². The van der Waals surface area contributed by atoms with Crippen LogP contribution in [0.5, 0.6) is 0 Å². The number of esters is 4. The number of carbonyl (C=O) groups is 4. The van der Waals surface area contributed by atoms with Crippen LogP contribution in [0.15, 0.2) is 0 Å². The van der Waals surface area contributed by atoms with E-state index in [0.29, 0.717) is 37.5 Å². The van der Waals surface area contributed by atoms with Crippen molar-refractivity contribution in [2.75, 3.05) is 39.6 Å². The van der Waals surface area contributed by atoms with Gasteiger partial charge in [-0.2, -0.15) is 0 Å². The van der Waals surface area contributed by atoms with Crippen LogP contribution < -0.4 is 0 Å². The number of rotatable bonds is 70. The van der Waals surface area contributed by atoms with E-state index in [9.17, 15) is 43.2 Å².